The second-order valence-electron chi connectivity index (χ2n) is 5.47. The summed E-state index contributed by atoms with van der Waals surface area (Å²) in [5.74, 6) is 0.365. The first-order chi connectivity index (χ1) is 9.79. The predicted molar refractivity (Wildman–Crippen MR) is 77.5 cm³/mol. The highest BCUT2D eigenvalue weighted by Gasteiger charge is 2.31. The predicted octanol–water partition coefficient (Wildman–Crippen LogP) is 0.835. The maximum absolute atomic E-state index is 12.7. The number of sulfonamides is 1. The Bertz CT molecular complexity index is 604. The van der Waals surface area contributed by atoms with Gasteiger partial charge in [-0.3, -0.25) is 4.79 Å². The van der Waals surface area contributed by atoms with Gasteiger partial charge in [-0.05, 0) is 33.1 Å². The molecule has 1 atom stereocenters. The summed E-state index contributed by atoms with van der Waals surface area (Å²) in [5, 5.41) is 3.81. The van der Waals surface area contributed by atoms with Crippen LogP contribution in [0.5, 0.6) is 0 Å². The zero-order valence-corrected chi connectivity index (χ0v) is 13.4. The summed E-state index contributed by atoms with van der Waals surface area (Å²) in [6.07, 6.45) is 3.82. The Hall–Kier alpha value is -1.41. The maximum atomic E-state index is 12.7. The van der Waals surface area contributed by atoms with E-state index in [2.05, 4.69) is 9.88 Å². The molecule has 1 amide bonds. The Morgan fingerprint density at radius 3 is 2.71 bits per heavy atom. The van der Waals surface area contributed by atoms with Crippen LogP contribution in [0.3, 0.4) is 0 Å². The van der Waals surface area contributed by atoms with E-state index >= 15 is 0 Å². The molecule has 1 aromatic rings. The molecular weight excluding hydrogens is 294 g/mol. The summed E-state index contributed by atoms with van der Waals surface area (Å²) < 4.78 is 30.0. The monoisotopic (exact) mass is 315 g/mol. The zero-order chi connectivity index (χ0) is 15.6. The van der Waals surface area contributed by atoms with Gasteiger partial charge in [0, 0.05) is 19.1 Å². The average Bonchev–Trinajstić information content (AvgIpc) is 2.75. The number of carbonyl (C=O) groups excluding carboxylic acids is 1. The van der Waals surface area contributed by atoms with E-state index in [1.54, 1.807) is 18.7 Å². The maximum Gasteiger partial charge on any atom is 0.259 e. The van der Waals surface area contributed by atoms with Gasteiger partial charge in [-0.1, -0.05) is 5.16 Å². The molecule has 0 radical (unpaired) electrons. The van der Waals surface area contributed by atoms with Crippen molar-refractivity contribution >= 4 is 15.9 Å². The Morgan fingerprint density at radius 1 is 1.43 bits per heavy atom. The molecule has 2 heterocycles. The minimum atomic E-state index is -3.26. The van der Waals surface area contributed by atoms with Crippen LogP contribution in [-0.4, -0.2) is 49.8 Å². The van der Waals surface area contributed by atoms with Crippen molar-refractivity contribution in [2.24, 2.45) is 0 Å². The normalized spacial score (nSPS) is 19.8. The van der Waals surface area contributed by atoms with Gasteiger partial charge in [0.1, 0.15) is 11.3 Å². The number of piperidine rings is 1. The van der Waals surface area contributed by atoms with E-state index in [0.29, 0.717) is 23.6 Å². The fourth-order valence-corrected chi connectivity index (χ4v) is 3.15. The van der Waals surface area contributed by atoms with Gasteiger partial charge in [0.05, 0.1) is 11.9 Å². The smallest absolute Gasteiger partial charge is 0.259 e. The first-order valence-electron chi connectivity index (χ1n) is 6.98. The lowest BCUT2D eigenvalue weighted by atomic mass is 10.0. The second-order valence-corrected chi connectivity index (χ2v) is 7.30. The molecule has 0 bridgehead atoms. The molecular formula is C13H21N3O4S. The molecule has 21 heavy (non-hydrogen) atoms. The van der Waals surface area contributed by atoms with E-state index in [1.165, 1.54) is 0 Å². The number of hydrogen-bond acceptors (Lipinski definition) is 5. The number of rotatable bonds is 4. The van der Waals surface area contributed by atoms with Crippen molar-refractivity contribution < 1.29 is 17.7 Å². The highest BCUT2D eigenvalue weighted by atomic mass is 32.2. The van der Waals surface area contributed by atoms with Crippen molar-refractivity contribution in [3.63, 3.8) is 0 Å². The highest BCUT2D eigenvalue weighted by Crippen LogP contribution is 2.22. The van der Waals surface area contributed by atoms with Crippen LogP contribution < -0.4 is 4.72 Å². The van der Waals surface area contributed by atoms with Crippen LogP contribution in [0.2, 0.25) is 0 Å². The van der Waals surface area contributed by atoms with Crippen molar-refractivity contribution in [3.05, 3.63) is 17.0 Å². The molecule has 1 N–H and O–H groups in total. The van der Waals surface area contributed by atoms with E-state index in [1.807, 2.05) is 0 Å². The van der Waals surface area contributed by atoms with Gasteiger partial charge in [0.15, 0.2) is 0 Å². The SMILES string of the molecule is Cc1noc(C)c1C(=O)N1CCCC[C@@H]1CNS(C)(=O)=O. The fraction of sp³-hybridized carbons (Fsp3) is 0.692. The van der Waals surface area contributed by atoms with Gasteiger partial charge in [-0.15, -0.1) is 0 Å². The van der Waals surface area contributed by atoms with Crippen LogP contribution in [0, 0.1) is 13.8 Å². The standard InChI is InChI=1S/C13H21N3O4S/c1-9-12(10(2)20-15-9)13(17)16-7-5-4-6-11(16)8-14-21(3,18)19/h11,14H,4-8H2,1-3H3/t11-/m1/s1. The van der Waals surface area contributed by atoms with E-state index in [4.69, 9.17) is 4.52 Å². The number of amides is 1. The molecule has 0 saturated carbocycles. The molecule has 1 saturated heterocycles. The lowest BCUT2D eigenvalue weighted by Crippen LogP contribution is -2.49. The van der Waals surface area contributed by atoms with Crippen molar-refractivity contribution in [1.82, 2.24) is 14.8 Å². The Kier molecular flexibility index (Phi) is 4.67. The van der Waals surface area contributed by atoms with Gasteiger partial charge in [-0.25, -0.2) is 13.1 Å². The van der Waals surface area contributed by atoms with Crippen molar-refractivity contribution in [2.75, 3.05) is 19.3 Å². The third-order valence-electron chi connectivity index (χ3n) is 3.72. The van der Waals surface area contributed by atoms with Crippen LogP contribution in [0.25, 0.3) is 0 Å². The van der Waals surface area contributed by atoms with Crippen molar-refractivity contribution in [3.8, 4) is 0 Å². The molecule has 0 unspecified atom stereocenters. The first kappa shape index (κ1) is 16.0. The van der Waals surface area contributed by atoms with Crippen LogP contribution in [0.4, 0.5) is 0 Å². The number of hydrogen-bond donors (Lipinski definition) is 1. The molecule has 2 rings (SSSR count). The average molecular weight is 315 g/mol. The molecule has 1 fully saturated rings. The molecule has 1 aliphatic heterocycles. The molecule has 0 aromatic carbocycles. The molecule has 0 aliphatic carbocycles. The van der Waals surface area contributed by atoms with E-state index in [-0.39, 0.29) is 18.5 Å². The Morgan fingerprint density at radius 2 is 2.14 bits per heavy atom. The van der Waals surface area contributed by atoms with Gasteiger partial charge < -0.3 is 9.42 Å². The van der Waals surface area contributed by atoms with Crippen LogP contribution in [0.15, 0.2) is 4.52 Å². The molecule has 0 spiro atoms. The summed E-state index contributed by atoms with van der Waals surface area (Å²) in [5.41, 5.74) is 1.05. The van der Waals surface area contributed by atoms with Crippen LogP contribution >= 0.6 is 0 Å². The lowest BCUT2D eigenvalue weighted by Gasteiger charge is -2.35. The molecule has 118 valence electrons. The molecule has 7 nitrogen and oxygen atoms in total. The highest BCUT2D eigenvalue weighted by molar-refractivity contribution is 7.88. The minimum absolute atomic E-state index is 0.130. The Labute approximate surface area is 124 Å². The zero-order valence-electron chi connectivity index (χ0n) is 12.5. The molecule has 1 aliphatic rings. The van der Waals surface area contributed by atoms with Gasteiger partial charge in [0.25, 0.3) is 5.91 Å². The largest absolute Gasteiger partial charge is 0.361 e. The Balaban J connectivity index is 2.17. The third kappa shape index (κ3) is 3.82. The minimum Gasteiger partial charge on any atom is -0.361 e. The van der Waals surface area contributed by atoms with E-state index in [0.717, 1.165) is 25.5 Å². The number of likely N-dealkylation sites (tertiary alicyclic amines) is 1. The molecule has 1 aromatic heterocycles. The lowest BCUT2D eigenvalue weighted by molar-refractivity contribution is 0.0616. The van der Waals surface area contributed by atoms with Crippen molar-refractivity contribution in [2.45, 2.75) is 39.2 Å². The number of aromatic nitrogens is 1. The molecule has 8 heteroatoms. The fourth-order valence-electron chi connectivity index (χ4n) is 2.66. The summed E-state index contributed by atoms with van der Waals surface area (Å²) in [7, 11) is -3.26. The van der Waals surface area contributed by atoms with Gasteiger partial charge in [-0.2, -0.15) is 0 Å². The summed E-state index contributed by atoms with van der Waals surface area (Å²) in [6, 6.07) is -0.130. The van der Waals surface area contributed by atoms with Crippen LogP contribution in [0.1, 0.15) is 41.1 Å². The summed E-state index contributed by atoms with van der Waals surface area (Å²) in [4.78, 5) is 14.4. The van der Waals surface area contributed by atoms with E-state index < -0.39 is 10.0 Å². The van der Waals surface area contributed by atoms with Gasteiger partial charge in [0.2, 0.25) is 10.0 Å². The van der Waals surface area contributed by atoms with Crippen molar-refractivity contribution in [1.29, 1.82) is 0 Å². The number of nitrogens with one attached hydrogen (secondary N) is 1. The number of aryl methyl sites for hydroxylation is 2. The second kappa shape index (κ2) is 6.15. The van der Waals surface area contributed by atoms with Gasteiger partial charge >= 0.3 is 0 Å². The number of nitrogens with zero attached hydrogens (tertiary/aromatic N) is 2. The number of carbonyl (C=O) groups is 1. The van der Waals surface area contributed by atoms with Crippen LogP contribution in [-0.2, 0) is 10.0 Å². The quantitative estimate of drug-likeness (QED) is 0.888. The first-order valence-corrected chi connectivity index (χ1v) is 8.87. The topological polar surface area (TPSA) is 92.5 Å². The van der Waals surface area contributed by atoms with E-state index in [9.17, 15) is 13.2 Å². The third-order valence-corrected chi connectivity index (χ3v) is 4.41. The summed E-state index contributed by atoms with van der Waals surface area (Å²) in [6.45, 7) is 4.31. The summed E-state index contributed by atoms with van der Waals surface area (Å²) >= 11 is 0.